The van der Waals surface area contributed by atoms with E-state index in [0.29, 0.717) is 10.2 Å². The third-order valence-corrected chi connectivity index (χ3v) is 3.27. The van der Waals surface area contributed by atoms with Crippen LogP contribution in [0.2, 0.25) is 5.02 Å². The second kappa shape index (κ2) is 5.81. The Bertz CT molecular complexity index is 622. The summed E-state index contributed by atoms with van der Waals surface area (Å²) >= 11 is 7.16. The molecule has 2 aromatic rings. The van der Waals surface area contributed by atoms with Crippen molar-refractivity contribution in [3.05, 3.63) is 34.7 Å². The highest BCUT2D eigenvalue weighted by atomic mass is 35.5. The molecule has 0 unspecified atom stereocenters. The summed E-state index contributed by atoms with van der Waals surface area (Å²) in [6, 6.07) is 7.31. The van der Waals surface area contributed by atoms with Gasteiger partial charge in [-0.3, -0.25) is 5.43 Å². The van der Waals surface area contributed by atoms with Gasteiger partial charge in [0, 0.05) is 16.0 Å². The number of carbonyl (C=O) groups is 1. The molecular formula is C12H10ClN3O2S. The van der Waals surface area contributed by atoms with Crippen LogP contribution in [0.5, 0.6) is 0 Å². The molecule has 0 aliphatic heterocycles. The molecular weight excluding hydrogens is 286 g/mol. The predicted molar refractivity (Wildman–Crippen MR) is 76.9 cm³/mol. The number of hydrogen-bond acceptors (Lipinski definition) is 5. The fraction of sp³-hybridized carbons (Fsp3) is 0.0833. The van der Waals surface area contributed by atoms with Crippen LogP contribution in [0, 0.1) is 0 Å². The van der Waals surface area contributed by atoms with E-state index in [1.54, 1.807) is 12.1 Å². The van der Waals surface area contributed by atoms with Crippen molar-refractivity contribution in [1.82, 2.24) is 4.98 Å². The molecule has 0 saturated carbocycles. The van der Waals surface area contributed by atoms with Gasteiger partial charge >= 0.3 is 5.97 Å². The average Bonchev–Trinajstić information content (AvgIpc) is 2.85. The van der Waals surface area contributed by atoms with Gasteiger partial charge in [0.25, 0.3) is 0 Å². The van der Waals surface area contributed by atoms with Crippen molar-refractivity contribution in [3.8, 4) is 11.3 Å². The van der Waals surface area contributed by atoms with Crippen LogP contribution in [-0.2, 0) is 4.79 Å². The van der Waals surface area contributed by atoms with Crippen LogP contribution in [-0.4, -0.2) is 21.8 Å². The minimum Gasteiger partial charge on any atom is -0.477 e. The molecule has 0 amide bonds. The molecule has 2 rings (SSSR count). The molecule has 2 N–H and O–H groups in total. The first-order chi connectivity index (χ1) is 9.06. The Morgan fingerprint density at radius 2 is 2.11 bits per heavy atom. The van der Waals surface area contributed by atoms with E-state index in [0.717, 1.165) is 11.3 Å². The molecule has 0 radical (unpaired) electrons. The molecule has 5 nitrogen and oxygen atoms in total. The third-order valence-electron chi connectivity index (χ3n) is 2.27. The van der Waals surface area contributed by atoms with Gasteiger partial charge in [0.2, 0.25) is 5.13 Å². The number of carboxylic acids is 1. The molecule has 98 valence electrons. The largest absolute Gasteiger partial charge is 0.477 e. The smallest absolute Gasteiger partial charge is 0.351 e. The lowest BCUT2D eigenvalue weighted by Gasteiger charge is -1.97. The second-order valence-electron chi connectivity index (χ2n) is 3.66. The van der Waals surface area contributed by atoms with Crippen molar-refractivity contribution in [3.63, 3.8) is 0 Å². The number of thiazole rings is 1. The maximum atomic E-state index is 10.6. The fourth-order valence-corrected chi connectivity index (χ4v) is 2.05. The zero-order valence-corrected chi connectivity index (χ0v) is 11.5. The monoisotopic (exact) mass is 295 g/mol. The predicted octanol–water partition coefficient (Wildman–Crippen LogP) is 3.34. The van der Waals surface area contributed by atoms with E-state index in [1.807, 2.05) is 17.5 Å². The second-order valence-corrected chi connectivity index (χ2v) is 4.95. The lowest BCUT2D eigenvalue weighted by Crippen LogP contribution is -2.10. The SMILES string of the molecule is C/C(=N\Nc1nc(-c2ccc(Cl)cc2)cs1)C(=O)O. The Kier molecular flexibility index (Phi) is 4.13. The Balaban J connectivity index is 2.13. The van der Waals surface area contributed by atoms with Gasteiger partial charge < -0.3 is 5.11 Å². The quantitative estimate of drug-likeness (QED) is 0.670. The highest BCUT2D eigenvalue weighted by molar-refractivity contribution is 7.14. The summed E-state index contributed by atoms with van der Waals surface area (Å²) in [5.41, 5.74) is 4.31. The van der Waals surface area contributed by atoms with E-state index in [2.05, 4.69) is 15.5 Å². The van der Waals surface area contributed by atoms with Gasteiger partial charge in [-0.2, -0.15) is 5.10 Å². The lowest BCUT2D eigenvalue weighted by molar-refractivity contribution is -0.129. The highest BCUT2D eigenvalue weighted by Gasteiger charge is 2.05. The van der Waals surface area contributed by atoms with Crippen molar-refractivity contribution in [1.29, 1.82) is 0 Å². The van der Waals surface area contributed by atoms with Crippen LogP contribution in [0.3, 0.4) is 0 Å². The van der Waals surface area contributed by atoms with Crippen LogP contribution >= 0.6 is 22.9 Å². The number of aliphatic carboxylic acids is 1. The molecule has 7 heteroatoms. The maximum absolute atomic E-state index is 10.6. The van der Waals surface area contributed by atoms with Gasteiger partial charge in [-0.15, -0.1) is 11.3 Å². The standard InChI is InChI=1S/C12H10ClN3O2S/c1-7(11(17)18)15-16-12-14-10(6-19-12)8-2-4-9(13)5-3-8/h2-6H,1H3,(H,14,16)(H,17,18)/b15-7+. The molecule has 19 heavy (non-hydrogen) atoms. The van der Waals surface area contributed by atoms with Gasteiger partial charge in [0.15, 0.2) is 0 Å². The lowest BCUT2D eigenvalue weighted by atomic mass is 10.2. The van der Waals surface area contributed by atoms with E-state index >= 15 is 0 Å². The number of rotatable bonds is 4. The minimum atomic E-state index is -1.07. The molecule has 0 aliphatic rings. The molecule has 0 aliphatic carbocycles. The van der Waals surface area contributed by atoms with Gasteiger partial charge in [0.05, 0.1) is 5.69 Å². The number of nitrogens with one attached hydrogen (secondary N) is 1. The normalized spacial score (nSPS) is 11.4. The summed E-state index contributed by atoms with van der Waals surface area (Å²) in [7, 11) is 0. The van der Waals surface area contributed by atoms with Crippen LogP contribution in [0.4, 0.5) is 5.13 Å². The number of hydrazone groups is 1. The summed E-state index contributed by atoms with van der Waals surface area (Å²) in [4.78, 5) is 14.9. The van der Waals surface area contributed by atoms with Gasteiger partial charge in [-0.05, 0) is 19.1 Å². The maximum Gasteiger partial charge on any atom is 0.351 e. The van der Waals surface area contributed by atoms with Crippen molar-refractivity contribution in [2.75, 3.05) is 5.43 Å². The number of benzene rings is 1. The first-order valence-electron chi connectivity index (χ1n) is 5.31. The van der Waals surface area contributed by atoms with Gasteiger partial charge in [-0.25, -0.2) is 9.78 Å². The summed E-state index contributed by atoms with van der Waals surface area (Å²) in [6.45, 7) is 1.41. The highest BCUT2D eigenvalue weighted by Crippen LogP contribution is 2.25. The number of aromatic nitrogens is 1. The molecule has 0 saturated heterocycles. The Labute approximate surface area is 118 Å². The zero-order valence-electron chi connectivity index (χ0n) is 9.92. The number of halogens is 1. The number of carboxylic acid groups (broad SMARTS) is 1. The van der Waals surface area contributed by atoms with E-state index in [-0.39, 0.29) is 5.71 Å². The van der Waals surface area contributed by atoms with Crippen LogP contribution < -0.4 is 5.43 Å². The zero-order chi connectivity index (χ0) is 13.8. The molecule has 1 aromatic carbocycles. The summed E-state index contributed by atoms with van der Waals surface area (Å²) in [5, 5.41) is 15.4. The topological polar surface area (TPSA) is 74.6 Å². The molecule has 1 aromatic heterocycles. The van der Waals surface area contributed by atoms with E-state index in [9.17, 15) is 4.79 Å². The molecule has 0 atom stereocenters. The van der Waals surface area contributed by atoms with E-state index in [4.69, 9.17) is 16.7 Å². The Hall–Kier alpha value is -1.92. The van der Waals surface area contributed by atoms with Crippen LogP contribution in [0.1, 0.15) is 6.92 Å². The molecule has 1 heterocycles. The summed E-state index contributed by atoms with van der Waals surface area (Å²) in [6.07, 6.45) is 0. The third kappa shape index (κ3) is 3.52. The number of nitrogens with zero attached hydrogens (tertiary/aromatic N) is 2. The minimum absolute atomic E-state index is 0.0248. The summed E-state index contributed by atoms with van der Waals surface area (Å²) < 4.78 is 0. The molecule has 0 fully saturated rings. The number of hydrogen-bond donors (Lipinski definition) is 2. The molecule has 0 bridgehead atoms. The van der Waals surface area contributed by atoms with Gasteiger partial charge in [-0.1, -0.05) is 23.7 Å². The first-order valence-corrected chi connectivity index (χ1v) is 6.57. The van der Waals surface area contributed by atoms with E-state index < -0.39 is 5.97 Å². The first kappa shape index (κ1) is 13.5. The van der Waals surface area contributed by atoms with Crippen molar-refractivity contribution < 1.29 is 9.90 Å². The van der Waals surface area contributed by atoms with Crippen molar-refractivity contribution in [2.45, 2.75) is 6.92 Å². The Morgan fingerprint density at radius 1 is 1.42 bits per heavy atom. The van der Waals surface area contributed by atoms with Crippen molar-refractivity contribution in [2.24, 2.45) is 5.10 Å². The fourth-order valence-electron chi connectivity index (χ4n) is 1.26. The van der Waals surface area contributed by atoms with Crippen LogP contribution in [0.25, 0.3) is 11.3 Å². The van der Waals surface area contributed by atoms with E-state index in [1.165, 1.54) is 18.3 Å². The summed E-state index contributed by atoms with van der Waals surface area (Å²) in [5.74, 6) is -1.07. The Morgan fingerprint density at radius 3 is 2.74 bits per heavy atom. The average molecular weight is 296 g/mol. The molecule has 0 spiro atoms. The van der Waals surface area contributed by atoms with Crippen LogP contribution in [0.15, 0.2) is 34.7 Å². The van der Waals surface area contributed by atoms with Crippen molar-refractivity contribution >= 4 is 39.8 Å². The van der Waals surface area contributed by atoms with Gasteiger partial charge in [0.1, 0.15) is 5.71 Å². The number of anilines is 1.